The Hall–Kier alpha value is -1.20. The maximum absolute atomic E-state index is 11.0. The van der Waals surface area contributed by atoms with Gasteiger partial charge in [-0.2, -0.15) is 0 Å². The number of nitrogens with zero attached hydrogens (tertiary/aromatic N) is 1. The van der Waals surface area contributed by atoms with E-state index in [1.165, 1.54) is 11.3 Å². The van der Waals surface area contributed by atoms with Crippen LogP contribution in [-0.4, -0.2) is 10.9 Å². The minimum absolute atomic E-state index is 0.400. The molecule has 5 heteroatoms. The summed E-state index contributed by atoms with van der Waals surface area (Å²) in [6.45, 7) is 1.80. The van der Waals surface area contributed by atoms with Crippen molar-refractivity contribution in [3.8, 4) is 9.88 Å². The van der Waals surface area contributed by atoms with Crippen molar-refractivity contribution in [3.63, 3.8) is 0 Å². The molecule has 2 N–H and O–H groups in total. The lowest BCUT2D eigenvalue weighted by atomic mass is 10.4. The zero-order chi connectivity index (χ0) is 10.1. The van der Waals surface area contributed by atoms with Gasteiger partial charge in [0.25, 0.3) is 5.91 Å². The smallest absolute Gasteiger partial charge is 0.260 e. The van der Waals surface area contributed by atoms with Gasteiger partial charge in [-0.25, -0.2) is 4.98 Å². The molecule has 1 amide bonds. The summed E-state index contributed by atoms with van der Waals surface area (Å²) in [5.41, 5.74) is 5.93. The van der Waals surface area contributed by atoms with E-state index in [-0.39, 0.29) is 0 Å². The molecule has 2 rings (SSSR count). The third-order valence-corrected chi connectivity index (χ3v) is 3.96. The van der Waals surface area contributed by atoms with E-state index >= 15 is 0 Å². The molecule has 0 fully saturated rings. The number of aryl methyl sites for hydroxylation is 1. The molecule has 3 nitrogen and oxygen atoms in total. The van der Waals surface area contributed by atoms with Crippen molar-refractivity contribution < 1.29 is 4.79 Å². The fourth-order valence-corrected chi connectivity index (χ4v) is 2.85. The maximum atomic E-state index is 11.0. The van der Waals surface area contributed by atoms with Crippen molar-refractivity contribution in [1.29, 1.82) is 0 Å². The Morgan fingerprint density at radius 3 is 2.86 bits per heavy atom. The molecular formula is C9H8N2OS2. The van der Waals surface area contributed by atoms with E-state index in [2.05, 4.69) is 4.98 Å². The molecule has 2 heterocycles. The van der Waals surface area contributed by atoms with Gasteiger partial charge >= 0.3 is 0 Å². The summed E-state index contributed by atoms with van der Waals surface area (Å²) < 4.78 is 0. The molecule has 0 saturated carbocycles. The van der Waals surface area contributed by atoms with Crippen LogP contribution in [0.5, 0.6) is 0 Å². The Balaban J connectivity index is 2.48. The minimum Gasteiger partial charge on any atom is -0.365 e. The topological polar surface area (TPSA) is 56.0 Å². The first-order valence-corrected chi connectivity index (χ1v) is 5.69. The fourth-order valence-electron chi connectivity index (χ4n) is 1.13. The van der Waals surface area contributed by atoms with Gasteiger partial charge in [-0.05, 0) is 18.4 Å². The lowest BCUT2D eigenvalue weighted by Gasteiger charge is -1.86. The molecule has 2 aromatic rings. The third kappa shape index (κ3) is 1.56. The van der Waals surface area contributed by atoms with Gasteiger partial charge in [-0.3, -0.25) is 4.79 Å². The molecule has 0 radical (unpaired) electrons. The molecule has 0 spiro atoms. The van der Waals surface area contributed by atoms with Crippen molar-refractivity contribution in [3.05, 3.63) is 28.1 Å². The number of thiophene rings is 1. The van der Waals surface area contributed by atoms with Crippen LogP contribution in [0.4, 0.5) is 0 Å². The van der Waals surface area contributed by atoms with Crippen molar-refractivity contribution in [2.75, 3.05) is 0 Å². The quantitative estimate of drug-likeness (QED) is 0.850. The van der Waals surface area contributed by atoms with Gasteiger partial charge in [-0.1, -0.05) is 6.07 Å². The summed E-state index contributed by atoms with van der Waals surface area (Å²) in [5, 5.41) is 2.85. The van der Waals surface area contributed by atoms with Gasteiger partial charge in [0.1, 0.15) is 9.88 Å². The van der Waals surface area contributed by atoms with Crippen LogP contribution in [-0.2, 0) is 0 Å². The molecule has 0 aliphatic rings. The third-order valence-electron chi connectivity index (χ3n) is 1.75. The van der Waals surface area contributed by atoms with Gasteiger partial charge in [-0.15, -0.1) is 22.7 Å². The van der Waals surface area contributed by atoms with E-state index < -0.39 is 5.91 Å². The van der Waals surface area contributed by atoms with E-state index in [1.807, 2.05) is 17.5 Å². The highest BCUT2D eigenvalue weighted by atomic mass is 32.1. The molecule has 0 aliphatic carbocycles. The van der Waals surface area contributed by atoms with Crippen LogP contribution in [0, 0.1) is 6.92 Å². The van der Waals surface area contributed by atoms with E-state index in [1.54, 1.807) is 18.3 Å². The monoisotopic (exact) mass is 224 g/mol. The molecule has 14 heavy (non-hydrogen) atoms. The Morgan fingerprint density at radius 2 is 2.36 bits per heavy atom. The summed E-state index contributed by atoms with van der Waals surface area (Å²) in [4.78, 5) is 16.9. The second kappa shape index (κ2) is 3.51. The molecule has 0 atom stereocenters. The van der Waals surface area contributed by atoms with E-state index in [0.29, 0.717) is 10.6 Å². The van der Waals surface area contributed by atoms with Crippen molar-refractivity contribution in [1.82, 2.24) is 4.98 Å². The largest absolute Gasteiger partial charge is 0.365 e. The number of rotatable bonds is 2. The van der Waals surface area contributed by atoms with E-state index in [9.17, 15) is 4.79 Å². The highest BCUT2D eigenvalue weighted by Gasteiger charge is 2.13. The van der Waals surface area contributed by atoms with Crippen LogP contribution in [0.3, 0.4) is 0 Å². The first kappa shape index (κ1) is 9.36. The number of hydrogen-bond acceptors (Lipinski definition) is 4. The Morgan fingerprint density at radius 1 is 1.57 bits per heavy atom. The molecule has 0 aromatic carbocycles. The molecule has 0 aliphatic heterocycles. The normalized spacial score (nSPS) is 10.4. The van der Waals surface area contributed by atoms with Crippen LogP contribution in [0.2, 0.25) is 0 Å². The predicted octanol–water partition coefficient (Wildman–Crippen LogP) is 2.28. The van der Waals surface area contributed by atoms with Crippen LogP contribution >= 0.6 is 22.7 Å². The second-order valence-corrected chi connectivity index (χ2v) is 4.72. The number of thiazole rings is 1. The standard InChI is InChI=1S/C9H8N2OS2/c1-5-7(8(10)12)14-9(11-5)6-3-2-4-13-6/h2-4H,1H3,(H2,10,12). The summed E-state index contributed by atoms with van der Waals surface area (Å²) in [7, 11) is 0. The summed E-state index contributed by atoms with van der Waals surface area (Å²) in [5.74, 6) is -0.400. The van der Waals surface area contributed by atoms with Crippen LogP contribution in [0.15, 0.2) is 17.5 Å². The Kier molecular flexibility index (Phi) is 2.35. The van der Waals surface area contributed by atoms with Gasteiger partial charge < -0.3 is 5.73 Å². The number of nitrogens with two attached hydrogens (primary N) is 1. The van der Waals surface area contributed by atoms with Gasteiger partial charge in [0.05, 0.1) is 10.6 Å². The SMILES string of the molecule is Cc1nc(-c2cccs2)sc1C(N)=O. The number of amides is 1. The minimum atomic E-state index is -0.400. The van der Waals surface area contributed by atoms with Gasteiger partial charge in [0.15, 0.2) is 0 Å². The highest BCUT2D eigenvalue weighted by molar-refractivity contribution is 7.22. The average Bonchev–Trinajstić information content (AvgIpc) is 2.70. The maximum Gasteiger partial charge on any atom is 0.260 e. The molecule has 0 bridgehead atoms. The van der Waals surface area contributed by atoms with Crippen molar-refractivity contribution >= 4 is 28.6 Å². The fraction of sp³-hybridized carbons (Fsp3) is 0.111. The summed E-state index contributed by atoms with van der Waals surface area (Å²) >= 11 is 2.96. The van der Waals surface area contributed by atoms with Crippen molar-refractivity contribution in [2.24, 2.45) is 5.73 Å². The highest BCUT2D eigenvalue weighted by Crippen LogP contribution is 2.30. The average molecular weight is 224 g/mol. The summed E-state index contributed by atoms with van der Waals surface area (Å²) in [6, 6.07) is 3.94. The lowest BCUT2D eigenvalue weighted by Crippen LogP contribution is -2.09. The second-order valence-electron chi connectivity index (χ2n) is 2.78. The Bertz CT molecular complexity index is 459. The number of carbonyl (C=O) groups excluding carboxylic acids is 1. The predicted molar refractivity (Wildman–Crippen MR) is 58.7 cm³/mol. The zero-order valence-corrected chi connectivity index (χ0v) is 9.11. The molecule has 2 aromatic heterocycles. The van der Waals surface area contributed by atoms with Gasteiger partial charge in [0.2, 0.25) is 0 Å². The molecule has 72 valence electrons. The van der Waals surface area contributed by atoms with Crippen LogP contribution in [0.1, 0.15) is 15.4 Å². The number of aromatic nitrogens is 1. The summed E-state index contributed by atoms with van der Waals surface area (Å²) in [6.07, 6.45) is 0. The van der Waals surface area contributed by atoms with E-state index in [0.717, 1.165) is 9.88 Å². The van der Waals surface area contributed by atoms with Crippen LogP contribution in [0.25, 0.3) is 9.88 Å². The number of carbonyl (C=O) groups is 1. The van der Waals surface area contributed by atoms with Crippen molar-refractivity contribution in [2.45, 2.75) is 6.92 Å². The Labute approximate surface area is 89.2 Å². The molecule has 0 unspecified atom stereocenters. The first-order valence-electron chi connectivity index (χ1n) is 3.99. The molecule has 0 saturated heterocycles. The molecular weight excluding hydrogens is 216 g/mol. The van der Waals surface area contributed by atoms with E-state index in [4.69, 9.17) is 5.73 Å². The van der Waals surface area contributed by atoms with Gasteiger partial charge in [0, 0.05) is 0 Å². The number of hydrogen-bond donors (Lipinski definition) is 1. The first-order chi connectivity index (χ1) is 6.68. The lowest BCUT2D eigenvalue weighted by molar-refractivity contribution is 0.100. The number of primary amides is 1. The zero-order valence-electron chi connectivity index (χ0n) is 7.48. The van der Waals surface area contributed by atoms with Crippen LogP contribution < -0.4 is 5.73 Å².